The van der Waals surface area contributed by atoms with Crippen LogP contribution in [0.1, 0.15) is 45.3 Å². The fourth-order valence-corrected chi connectivity index (χ4v) is 3.09. The minimum absolute atomic E-state index is 0. The third kappa shape index (κ3) is 4.87. The van der Waals surface area contributed by atoms with Crippen LogP contribution in [0.25, 0.3) is 0 Å². The number of amides is 2. The van der Waals surface area contributed by atoms with Crippen molar-refractivity contribution in [3.8, 4) is 0 Å². The minimum atomic E-state index is -0.278. The number of carbonyl (C=O) groups excluding carboxylic acids is 2. The molecule has 2 amide bonds. The van der Waals surface area contributed by atoms with E-state index in [4.69, 9.17) is 0 Å². The van der Waals surface area contributed by atoms with Crippen molar-refractivity contribution in [3.05, 3.63) is 47.3 Å². The molecule has 1 aliphatic rings. The molecule has 1 aromatic carbocycles. The molecule has 0 spiro atoms. The molecule has 0 radical (unpaired) electrons. The second-order valence-electron chi connectivity index (χ2n) is 6.86. The Morgan fingerprint density at radius 3 is 2.74 bits per heavy atom. The van der Waals surface area contributed by atoms with Gasteiger partial charge in [-0.15, -0.1) is 12.4 Å². The van der Waals surface area contributed by atoms with Crippen molar-refractivity contribution in [1.29, 1.82) is 0 Å². The maximum Gasteiger partial charge on any atom is 0.276 e. The van der Waals surface area contributed by atoms with E-state index in [0.29, 0.717) is 16.9 Å². The van der Waals surface area contributed by atoms with Crippen LogP contribution in [0, 0.1) is 6.92 Å². The number of carbonyl (C=O) groups is 2. The van der Waals surface area contributed by atoms with Gasteiger partial charge in [0.2, 0.25) is 0 Å². The Bertz CT molecular complexity index is 812. The van der Waals surface area contributed by atoms with Gasteiger partial charge < -0.3 is 15.5 Å². The van der Waals surface area contributed by atoms with Crippen molar-refractivity contribution in [2.45, 2.75) is 25.8 Å². The summed E-state index contributed by atoms with van der Waals surface area (Å²) in [5.41, 5.74) is 2.40. The van der Waals surface area contributed by atoms with Gasteiger partial charge in [0.15, 0.2) is 5.69 Å². The van der Waals surface area contributed by atoms with Gasteiger partial charge in [-0.3, -0.25) is 14.3 Å². The van der Waals surface area contributed by atoms with Crippen molar-refractivity contribution in [2.24, 2.45) is 0 Å². The van der Waals surface area contributed by atoms with Crippen LogP contribution in [-0.4, -0.2) is 53.7 Å². The summed E-state index contributed by atoms with van der Waals surface area (Å²) in [5, 5.41) is 10.6. The lowest BCUT2D eigenvalue weighted by Crippen LogP contribution is -2.32. The van der Waals surface area contributed by atoms with E-state index in [9.17, 15) is 9.59 Å². The lowest BCUT2D eigenvalue weighted by molar-refractivity contribution is 0.0826. The predicted octanol–water partition coefficient (Wildman–Crippen LogP) is 2.49. The molecule has 0 saturated carbocycles. The number of benzene rings is 1. The molecule has 1 saturated heterocycles. The average molecular weight is 392 g/mol. The SMILES string of the molecule is Cc1ccc(NC(=O)c2ccn(C3CCCNC3)n2)cc1C(=O)N(C)C.Cl. The lowest BCUT2D eigenvalue weighted by Gasteiger charge is -2.22. The topological polar surface area (TPSA) is 79.3 Å². The Labute approximate surface area is 165 Å². The maximum atomic E-state index is 12.5. The van der Waals surface area contributed by atoms with Crippen molar-refractivity contribution in [2.75, 3.05) is 32.5 Å². The van der Waals surface area contributed by atoms with Crippen LogP contribution in [0.15, 0.2) is 30.5 Å². The number of nitrogens with one attached hydrogen (secondary N) is 2. The van der Waals surface area contributed by atoms with Gasteiger partial charge in [-0.2, -0.15) is 5.10 Å². The third-order valence-corrected chi connectivity index (χ3v) is 4.62. The number of hydrogen-bond donors (Lipinski definition) is 2. The van der Waals surface area contributed by atoms with E-state index in [0.717, 1.165) is 31.5 Å². The molecule has 0 bridgehead atoms. The molecule has 0 aliphatic carbocycles. The summed E-state index contributed by atoms with van der Waals surface area (Å²) in [7, 11) is 3.42. The summed E-state index contributed by atoms with van der Waals surface area (Å²) >= 11 is 0. The number of piperidine rings is 1. The first-order chi connectivity index (χ1) is 12.5. The van der Waals surface area contributed by atoms with Crippen molar-refractivity contribution in [1.82, 2.24) is 20.0 Å². The first-order valence-electron chi connectivity index (χ1n) is 8.85. The van der Waals surface area contributed by atoms with E-state index in [1.54, 1.807) is 32.3 Å². The molecule has 3 rings (SSSR count). The monoisotopic (exact) mass is 391 g/mol. The molecule has 1 aromatic heterocycles. The second-order valence-corrected chi connectivity index (χ2v) is 6.86. The highest BCUT2D eigenvalue weighted by Gasteiger charge is 2.18. The van der Waals surface area contributed by atoms with E-state index < -0.39 is 0 Å². The Kier molecular flexibility index (Phi) is 6.98. The number of anilines is 1. The van der Waals surface area contributed by atoms with Crippen LogP contribution >= 0.6 is 12.4 Å². The molecular formula is C19H26ClN5O2. The van der Waals surface area contributed by atoms with Crippen LogP contribution in [-0.2, 0) is 0 Å². The van der Waals surface area contributed by atoms with Crippen LogP contribution in [0.3, 0.4) is 0 Å². The third-order valence-electron chi connectivity index (χ3n) is 4.62. The van der Waals surface area contributed by atoms with Crippen LogP contribution in [0.5, 0.6) is 0 Å². The number of aryl methyl sites for hydroxylation is 1. The zero-order chi connectivity index (χ0) is 18.7. The smallest absolute Gasteiger partial charge is 0.276 e. The summed E-state index contributed by atoms with van der Waals surface area (Å²) in [5.74, 6) is -0.368. The lowest BCUT2D eigenvalue weighted by atomic mass is 10.1. The number of aromatic nitrogens is 2. The molecule has 1 fully saturated rings. The van der Waals surface area contributed by atoms with E-state index in [1.165, 1.54) is 4.90 Å². The van der Waals surface area contributed by atoms with Gasteiger partial charge >= 0.3 is 0 Å². The van der Waals surface area contributed by atoms with Gasteiger partial charge in [-0.1, -0.05) is 6.07 Å². The van der Waals surface area contributed by atoms with Crippen LogP contribution in [0.2, 0.25) is 0 Å². The Balaban J connectivity index is 0.00000261. The Morgan fingerprint density at radius 2 is 2.07 bits per heavy atom. The van der Waals surface area contributed by atoms with Gasteiger partial charge in [-0.25, -0.2) is 0 Å². The molecule has 8 heteroatoms. The van der Waals surface area contributed by atoms with E-state index >= 15 is 0 Å². The molecule has 1 unspecified atom stereocenters. The van der Waals surface area contributed by atoms with Gasteiger partial charge in [0, 0.05) is 38.1 Å². The summed E-state index contributed by atoms with van der Waals surface area (Å²) in [4.78, 5) is 26.3. The standard InChI is InChI=1S/C19H25N5O2.ClH/c1-13-6-7-14(11-16(13)19(26)23(2)3)21-18(25)17-8-10-24(22-17)15-5-4-9-20-12-15;/h6-8,10-11,15,20H,4-5,9,12H2,1-3H3,(H,21,25);1H. The summed E-state index contributed by atoms with van der Waals surface area (Å²) < 4.78 is 1.86. The van der Waals surface area contributed by atoms with Crippen molar-refractivity contribution < 1.29 is 9.59 Å². The first-order valence-corrected chi connectivity index (χ1v) is 8.85. The molecule has 146 valence electrons. The largest absolute Gasteiger partial charge is 0.345 e. The summed E-state index contributed by atoms with van der Waals surface area (Å²) in [6.07, 6.45) is 4.02. The van der Waals surface area contributed by atoms with Gasteiger partial charge in [-0.05, 0) is 50.1 Å². The molecule has 1 atom stereocenters. The maximum absolute atomic E-state index is 12.5. The highest BCUT2D eigenvalue weighted by Crippen LogP contribution is 2.19. The van der Waals surface area contributed by atoms with Crippen LogP contribution < -0.4 is 10.6 Å². The normalized spacial score (nSPS) is 16.3. The highest BCUT2D eigenvalue weighted by atomic mass is 35.5. The number of hydrogen-bond acceptors (Lipinski definition) is 4. The molecule has 2 aromatic rings. The minimum Gasteiger partial charge on any atom is -0.345 e. The fraction of sp³-hybridized carbons (Fsp3) is 0.421. The zero-order valence-electron chi connectivity index (χ0n) is 15.9. The fourth-order valence-electron chi connectivity index (χ4n) is 3.09. The Morgan fingerprint density at radius 1 is 1.30 bits per heavy atom. The average Bonchev–Trinajstić information content (AvgIpc) is 3.13. The second kappa shape index (κ2) is 9.01. The number of rotatable bonds is 4. The van der Waals surface area contributed by atoms with Crippen LogP contribution in [0.4, 0.5) is 5.69 Å². The van der Waals surface area contributed by atoms with Crippen molar-refractivity contribution in [3.63, 3.8) is 0 Å². The predicted molar refractivity (Wildman–Crippen MR) is 108 cm³/mol. The summed E-state index contributed by atoms with van der Waals surface area (Å²) in [6.45, 7) is 3.78. The number of nitrogens with zero attached hydrogens (tertiary/aromatic N) is 3. The van der Waals surface area contributed by atoms with Crippen molar-refractivity contribution >= 4 is 29.9 Å². The molecular weight excluding hydrogens is 366 g/mol. The molecule has 2 N–H and O–H groups in total. The van der Waals surface area contributed by atoms with Gasteiger partial charge in [0.25, 0.3) is 11.8 Å². The van der Waals surface area contributed by atoms with Gasteiger partial charge in [0.05, 0.1) is 6.04 Å². The quantitative estimate of drug-likeness (QED) is 0.839. The summed E-state index contributed by atoms with van der Waals surface area (Å²) in [6, 6.07) is 7.34. The molecule has 2 heterocycles. The molecule has 27 heavy (non-hydrogen) atoms. The van der Waals surface area contributed by atoms with E-state index in [1.807, 2.05) is 23.9 Å². The molecule has 7 nitrogen and oxygen atoms in total. The Hall–Kier alpha value is -2.38. The van der Waals surface area contributed by atoms with E-state index in [-0.39, 0.29) is 30.3 Å². The zero-order valence-corrected chi connectivity index (χ0v) is 16.7. The van der Waals surface area contributed by atoms with Gasteiger partial charge in [0.1, 0.15) is 0 Å². The molecule has 1 aliphatic heterocycles. The highest BCUT2D eigenvalue weighted by molar-refractivity contribution is 6.04. The number of halogens is 1. The van der Waals surface area contributed by atoms with E-state index in [2.05, 4.69) is 15.7 Å². The first kappa shape index (κ1) is 20.9.